The van der Waals surface area contributed by atoms with Crippen molar-refractivity contribution in [2.24, 2.45) is 0 Å². The van der Waals surface area contributed by atoms with Gasteiger partial charge in [0, 0.05) is 21.5 Å². The van der Waals surface area contributed by atoms with Crippen molar-refractivity contribution in [1.29, 1.82) is 0 Å². The van der Waals surface area contributed by atoms with Crippen LogP contribution < -0.4 is 0 Å². The predicted octanol–water partition coefficient (Wildman–Crippen LogP) is 9.13. The molecule has 0 radical (unpaired) electrons. The van der Waals surface area contributed by atoms with Gasteiger partial charge in [-0.1, -0.05) is 66.7 Å². The molecule has 5 aromatic carbocycles. The Morgan fingerprint density at radius 3 is 1.79 bits per heavy atom. The Morgan fingerprint density at radius 2 is 1.00 bits per heavy atom. The third-order valence-corrected chi connectivity index (χ3v) is 6.60. The molecule has 0 saturated heterocycles. The summed E-state index contributed by atoms with van der Waals surface area (Å²) in [7, 11) is 0. The standard InChI is InChI=1S/C31H20O2/c1-19-6-4-10-25-27-18-23(13-15-30(27)33-31(19)25)21-8-5-7-20(16-21)22-12-14-29-26(17-22)24-9-2-3-11-28(24)32-29/h2-18H,1H3. The second-order valence-corrected chi connectivity index (χ2v) is 8.65. The second kappa shape index (κ2) is 6.85. The molecule has 0 aliphatic carbocycles. The molecule has 0 amide bonds. The van der Waals surface area contributed by atoms with E-state index < -0.39 is 0 Å². The quantitative estimate of drug-likeness (QED) is 0.276. The van der Waals surface area contributed by atoms with Crippen molar-refractivity contribution in [2.45, 2.75) is 6.92 Å². The number of rotatable bonds is 2. The fourth-order valence-corrected chi connectivity index (χ4v) is 4.90. The molecule has 0 aliphatic heterocycles. The number of para-hydroxylation sites is 2. The number of benzene rings is 5. The molecule has 0 saturated carbocycles. The van der Waals surface area contributed by atoms with E-state index >= 15 is 0 Å². The summed E-state index contributed by atoms with van der Waals surface area (Å²) in [6.45, 7) is 2.09. The van der Waals surface area contributed by atoms with Crippen LogP contribution in [0, 0.1) is 6.92 Å². The summed E-state index contributed by atoms with van der Waals surface area (Å²) < 4.78 is 12.1. The average Bonchev–Trinajstić information content (AvgIpc) is 3.42. The Bertz CT molecular complexity index is 1830. The van der Waals surface area contributed by atoms with Gasteiger partial charge in [-0.25, -0.2) is 0 Å². The van der Waals surface area contributed by atoms with Gasteiger partial charge in [0.1, 0.15) is 22.3 Å². The second-order valence-electron chi connectivity index (χ2n) is 8.65. The summed E-state index contributed by atoms with van der Waals surface area (Å²) in [6.07, 6.45) is 0. The lowest BCUT2D eigenvalue weighted by Gasteiger charge is -2.07. The molecule has 7 aromatic rings. The van der Waals surface area contributed by atoms with E-state index in [1.165, 1.54) is 27.6 Å². The lowest BCUT2D eigenvalue weighted by Crippen LogP contribution is -1.82. The molecule has 2 heterocycles. The molecule has 7 rings (SSSR count). The lowest BCUT2D eigenvalue weighted by atomic mass is 9.97. The highest BCUT2D eigenvalue weighted by Crippen LogP contribution is 2.36. The van der Waals surface area contributed by atoms with E-state index in [-0.39, 0.29) is 0 Å². The van der Waals surface area contributed by atoms with Crippen LogP contribution in [0.5, 0.6) is 0 Å². The maximum absolute atomic E-state index is 6.13. The Balaban J connectivity index is 1.36. The molecule has 2 aromatic heterocycles. The minimum absolute atomic E-state index is 0.920. The summed E-state index contributed by atoms with van der Waals surface area (Å²) >= 11 is 0. The van der Waals surface area contributed by atoms with Gasteiger partial charge in [0.15, 0.2) is 0 Å². The van der Waals surface area contributed by atoms with E-state index in [0.29, 0.717) is 0 Å². The monoisotopic (exact) mass is 424 g/mol. The fourth-order valence-electron chi connectivity index (χ4n) is 4.90. The molecular formula is C31H20O2. The van der Waals surface area contributed by atoms with Crippen molar-refractivity contribution in [2.75, 3.05) is 0 Å². The van der Waals surface area contributed by atoms with Gasteiger partial charge in [0.25, 0.3) is 0 Å². The Morgan fingerprint density at radius 1 is 0.424 bits per heavy atom. The van der Waals surface area contributed by atoms with Gasteiger partial charge < -0.3 is 8.83 Å². The normalized spacial score (nSPS) is 11.8. The molecule has 0 aliphatic rings. The molecule has 0 bridgehead atoms. The number of fused-ring (bicyclic) bond motifs is 6. The predicted molar refractivity (Wildman–Crippen MR) is 137 cm³/mol. The minimum atomic E-state index is 0.920. The minimum Gasteiger partial charge on any atom is -0.456 e. The van der Waals surface area contributed by atoms with Crippen LogP contribution in [0.1, 0.15) is 5.56 Å². The fraction of sp³-hybridized carbons (Fsp3) is 0.0323. The number of hydrogen-bond donors (Lipinski definition) is 0. The highest BCUT2D eigenvalue weighted by atomic mass is 16.3. The average molecular weight is 424 g/mol. The van der Waals surface area contributed by atoms with Crippen molar-refractivity contribution in [3.63, 3.8) is 0 Å². The van der Waals surface area contributed by atoms with Crippen molar-refractivity contribution in [3.8, 4) is 22.3 Å². The van der Waals surface area contributed by atoms with Crippen molar-refractivity contribution in [1.82, 2.24) is 0 Å². The summed E-state index contributed by atoms with van der Waals surface area (Å²) in [5.74, 6) is 0. The van der Waals surface area contributed by atoms with E-state index in [0.717, 1.165) is 44.1 Å². The number of aryl methyl sites for hydroxylation is 1. The highest BCUT2D eigenvalue weighted by Gasteiger charge is 2.11. The molecule has 156 valence electrons. The smallest absolute Gasteiger partial charge is 0.138 e. The maximum atomic E-state index is 6.13. The Kier molecular flexibility index (Phi) is 3.80. The largest absolute Gasteiger partial charge is 0.456 e. The third-order valence-electron chi connectivity index (χ3n) is 6.60. The molecule has 2 heteroatoms. The van der Waals surface area contributed by atoms with Crippen LogP contribution in [0.15, 0.2) is 112 Å². The summed E-state index contributed by atoms with van der Waals surface area (Å²) in [4.78, 5) is 0. The summed E-state index contributed by atoms with van der Waals surface area (Å²) in [5, 5.41) is 4.62. The molecule has 0 fully saturated rings. The summed E-state index contributed by atoms with van der Waals surface area (Å²) in [5.41, 5.74) is 9.65. The zero-order chi connectivity index (χ0) is 21.9. The molecule has 0 atom stereocenters. The van der Waals surface area contributed by atoms with Crippen LogP contribution in [0.25, 0.3) is 66.1 Å². The maximum Gasteiger partial charge on any atom is 0.138 e. The van der Waals surface area contributed by atoms with Crippen LogP contribution in [-0.2, 0) is 0 Å². The first-order chi connectivity index (χ1) is 16.2. The van der Waals surface area contributed by atoms with Crippen LogP contribution in [-0.4, -0.2) is 0 Å². The highest BCUT2D eigenvalue weighted by molar-refractivity contribution is 6.08. The lowest BCUT2D eigenvalue weighted by molar-refractivity contribution is 0.666. The SMILES string of the molecule is Cc1cccc2c1oc1ccc(-c3cccc(-c4ccc5oc6ccccc6c5c4)c3)cc12. The Labute approximate surface area is 190 Å². The molecule has 0 unspecified atom stereocenters. The third kappa shape index (κ3) is 2.81. The van der Waals surface area contributed by atoms with E-state index in [9.17, 15) is 0 Å². The van der Waals surface area contributed by atoms with Gasteiger partial charge in [0.2, 0.25) is 0 Å². The molecule has 0 N–H and O–H groups in total. The first kappa shape index (κ1) is 18.3. The number of hydrogen-bond acceptors (Lipinski definition) is 2. The van der Waals surface area contributed by atoms with Crippen LogP contribution in [0.2, 0.25) is 0 Å². The van der Waals surface area contributed by atoms with E-state index in [1.54, 1.807) is 0 Å². The molecular weight excluding hydrogens is 404 g/mol. The first-order valence-electron chi connectivity index (χ1n) is 11.2. The molecule has 33 heavy (non-hydrogen) atoms. The van der Waals surface area contributed by atoms with Crippen molar-refractivity contribution < 1.29 is 8.83 Å². The van der Waals surface area contributed by atoms with Crippen LogP contribution in [0.3, 0.4) is 0 Å². The van der Waals surface area contributed by atoms with Gasteiger partial charge in [0.05, 0.1) is 0 Å². The zero-order valence-electron chi connectivity index (χ0n) is 18.1. The van der Waals surface area contributed by atoms with Gasteiger partial charge >= 0.3 is 0 Å². The Hall–Kier alpha value is -4.30. The van der Waals surface area contributed by atoms with Gasteiger partial charge in [-0.3, -0.25) is 0 Å². The number of furan rings is 2. The first-order valence-corrected chi connectivity index (χ1v) is 11.2. The van der Waals surface area contributed by atoms with Crippen molar-refractivity contribution >= 4 is 43.9 Å². The van der Waals surface area contributed by atoms with Gasteiger partial charge in [-0.05, 0) is 71.1 Å². The molecule has 2 nitrogen and oxygen atoms in total. The van der Waals surface area contributed by atoms with Crippen LogP contribution >= 0.6 is 0 Å². The van der Waals surface area contributed by atoms with E-state index in [1.807, 2.05) is 12.1 Å². The van der Waals surface area contributed by atoms with Crippen molar-refractivity contribution in [3.05, 3.63) is 109 Å². The van der Waals surface area contributed by atoms with E-state index in [4.69, 9.17) is 8.83 Å². The van der Waals surface area contributed by atoms with Gasteiger partial charge in [-0.15, -0.1) is 0 Å². The summed E-state index contributed by atoms with van der Waals surface area (Å²) in [6, 6.07) is 36.2. The van der Waals surface area contributed by atoms with Gasteiger partial charge in [-0.2, -0.15) is 0 Å². The van der Waals surface area contributed by atoms with E-state index in [2.05, 4.69) is 97.9 Å². The van der Waals surface area contributed by atoms with Crippen LogP contribution in [0.4, 0.5) is 0 Å². The zero-order valence-corrected chi connectivity index (χ0v) is 18.1. The topological polar surface area (TPSA) is 26.3 Å². The molecule has 0 spiro atoms.